The Labute approximate surface area is 121 Å². The predicted octanol–water partition coefficient (Wildman–Crippen LogP) is 0.825. The van der Waals surface area contributed by atoms with Crippen LogP contribution in [0, 0.1) is 6.92 Å². The Morgan fingerprint density at radius 3 is 3.10 bits per heavy atom. The number of hydrogen-bond donors (Lipinski definition) is 1. The summed E-state index contributed by atoms with van der Waals surface area (Å²) in [5.41, 5.74) is 1.94. The average Bonchev–Trinajstić information content (AvgIpc) is 3.01. The molecule has 2 aromatic rings. The number of pyridine rings is 1. The van der Waals surface area contributed by atoms with E-state index in [1.807, 2.05) is 24.4 Å². The van der Waals surface area contributed by atoms with Crippen molar-refractivity contribution in [3.63, 3.8) is 0 Å². The van der Waals surface area contributed by atoms with Gasteiger partial charge < -0.3 is 15.0 Å². The van der Waals surface area contributed by atoms with Gasteiger partial charge in [0.05, 0.1) is 12.2 Å². The molecule has 1 fully saturated rings. The van der Waals surface area contributed by atoms with E-state index in [2.05, 4.69) is 10.3 Å². The predicted molar refractivity (Wildman–Crippen MR) is 75.2 cm³/mol. The molecule has 1 aliphatic rings. The highest BCUT2D eigenvalue weighted by molar-refractivity contribution is 5.94. The van der Waals surface area contributed by atoms with Crippen molar-refractivity contribution in [2.45, 2.75) is 6.92 Å². The number of fused-ring (bicyclic) bond motifs is 1. The monoisotopic (exact) mass is 288 g/mol. The van der Waals surface area contributed by atoms with Crippen molar-refractivity contribution in [3.05, 3.63) is 35.8 Å². The molecule has 7 heteroatoms. The lowest BCUT2D eigenvalue weighted by atomic mass is 10.3. The van der Waals surface area contributed by atoms with Crippen LogP contribution in [-0.2, 0) is 4.74 Å². The molecule has 0 aromatic carbocycles. The number of imidazole rings is 1. The smallest absolute Gasteiger partial charge is 0.409 e. The Bertz CT molecular complexity index is 695. The summed E-state index contributed by atoms with van der Waals surface area (Å²) in [6, 6.07) is 5.58. The fraction of sp³-hybridized carbons (Fsp3) is 0.357. The highest BCUT2D eigenvalue weighted by Gasteiger charge is 2.22. The van der Waals surface area contributed by atoms with E-state index in [0.717, 1.165) is 5.65 Å². The molecule has 1 aliphatic heterocycles. The minimum Gasteiger partial charge on any atom is -0.448 e. The molecule has 0 spiro atoms. The van der Waals surface area contributed by atoms with Gasteiger partial charge >= 0.3 is 6.09 Å². The normalized spacial score (nSPS) is 14.5. The number of nitrogens with zero attached hydrogens (tertiary/aromatic N) is 3. The van der Waals surface area contributed by atoms with Crippen molar-refractivity contribution in [2.75, 3.05) is 26.2 Å². The van der Waals surface area contributed by atoms with Gasteiger partial charge in [0, 0.05) is 19.3 Å². The minimum atomic E-state index is -0.324. The van der Waals surface area contributed by atoms with E-state index in [1.54, 1.807) is 16.2 Å². The second-order valence-electron chi connectivity index (χ2n) is 4.83. The first-order chi connectivity index (χ1) is 10.2. The zero-order valence-corrected chi connectivity index (χ0v) is 11.7. The molecule has 1 saturated heterocycles. The summed E-state index contributed by atoms with van der Waals surface area (Å²) in [6.07, 6.45) is 1.48. The van der Waals surface area contributed by atoms with Gasteiger partial charge in [0.25, 0.3) is 5.91 Å². The van der Waals surface area contributed by atoms with Gasteiger partial charge in [-0.2, -0.15) is 0 Å². The first kappa shape index (κ1) is 13.4. The molecule has 3 heterocycles. The van der Waals surface area contributed by atoms with Gasteiger partial charge in [0.15, 0.2) is 0 Å². The Balaban J connectivity index is 1.67. The molecule has 0 atom stereocenters. The molecule has 1 N–H and O–H groups in total. The number of ether oxygens (including phenoxy) is 1. The van der Waals surface area contributed by atoms with Gasteiger partial charge in [-0.3, -0.25) is 9.20 Å². The molecule has 3 rings (SSSR count). The van der Waals surface area contributed by atoms with Crippen LogP contribution < -0.4 is 5.32 Å². The Morgan fingerprint density at radius 2 is 2.33 bits per heavy atom. The number of aromatic nitrogens is 2. The standard InChI is InChI=1S/C14H16N4O3/c1-10-12(18-6-3-2-4-11(18)16-10)13(19)15-5-7-17-8-9-21-14(17)20/h2-4,6H,5,7-9H2,1H3,(H,15,19). The van der Waals surface area contributed by atoms with Crippen LogP contribution >= 0.6 is 0 Å². The maximum Gasteiger partial charge on any atom is 0.409 e. The summed E-state index contributed by atoms with van der Waals surface area (Å²) in [6.45, 7) is 3.62. The summed E-state index contributed by atoms with van der Waals surface area (Å²) >= 11 is 0. The van der Waals surface area contributed by atoms with Crippen LogP contribution in [0.5, 0.6) is 0 Å². The molecule has 0 saturated carbocycles. The Hall–Kier alpha value is -2.57. The largest absolute Gasteiger partial charge is 0.448 e. The number of aryl methyl sites for hydroxylation is 1. The summed E-state index contributed by atoms with van der Waals surface area (Å²) in [5, 5.41) is 2.82. The van der Waals surface area contributed by atoms with Gasteiger partial charge in [-0.1, -0.05) is 6.07 Å². The van der Waals surface area contributed by atoms with Gasteiger partial charge in [0.1, 0.15) is 17.9 Å². The van der Waals surface area contributed by atoms with Crippen molar-refractivity contribution in [2.24, 2.45) is 0 Å². The number of carbonyl (C=O) groups excluding carboxylic acids is 2. The number of carbonyl (C=O) groups is 2. The zero-order valence-electron chi connectivity index (χ0n) is 11.7. The number of hydrogen-bond acceptors (Lipinski definition) is 4. The molecule has 2 aromatic heterocycles. The zero-order chi connectivity index (χ0) is 14.8. The SMILES string of the molecule is Cc1nc2ccccn2c1C(=O)NCCN1CCOC1=O. The quantitative estimate of drug-likeness (QED) is 0.904. The Kier molecular flexibility index (Phi) is 3.47. The first-order valence-corrected chi connectivity index (χ1v) is 6.80. The van der Waals surface area contributed by atoms with Gasteiger partial charge in [0.2, 0.25) is 0 Å². The van der Waals surface area contributed by atoms with Crippen LogP contribution in [0.4, 0.5) is 4.79 Å². The maximum atomic E-state index is 12.3. The van der Waals surface area contributed by atoms with Crippen LogP contribution in [0.15, 0.2) is 24.4 Å². The maximum absolute atomic E-state index is 12.3. The summed E-state index contributed by atoms with van der Waals surface area (Å²) in [4.78, 5) is 29.5. The summed E-state index contributed by atoms with van der Waals surface area (Å²) in [5.74, 6) is -0.196. The highest BCUT2D eigenvalue weighted by atomic mass is 16.6. The van der Waals surface area contributed by atoms with Crippen molar-refractivity contribution in [3.8, 4) is 0 Å². The topological polar surface area (TPSA) is 75.9 Å². The number of rotatable bonds is 4. The van der Waals surface area contributed by atoms with Crippen molar-refractivity contribution < 1.29 is 14.3 Å². The van der Waals surface area contributed by atoms with Crippen LogP contribution in [0.2, 0.25) is 0 Å². The van der Waals surface area contributed by atoms with E-state index in [9.17, 15) is 9.59 Å². The fourth-order valence-corrected chi connectivity index (χ4v) is 2.40. The van der Waals surface area contributed by atoms with Crippen molar-refractivity contribution >= 4 is 17.6 Å². The first-order valence-electron chi connectivity index (χ1n) is 6.80. The molecule has 0 bridgehead atoms. The second kappa shape index (κ2) is 5.43. The molecular formula is C14H16N4O3. The van der Waals surface area contributed by atoms with E-state index < -0.39 is 0 Å². The van der Waals surface area contributed by atoms with E-state index in [1.165, 1.54) is 0 Å². The van der Waals surface area contributed by atoms with E-state index in [4.69, 9.17) is 4.74 Å². The van der Waals surface area contributed by atoms with Gasteiger partial charge in [-0.15, -0.1) is 0 Å². The van der Waals surface area contributed by atoms with Crippen molar-refractivity contribution in [1.82, 2.24) is 19.6 Å². The van der Waals surface area contributed by atoms with E-state index in [-0.39, 0.29) is 12.0 Å². The molecule has 0 unspecified atom stereocenters. The van der Waals surface area contributed by atoms with Crippen LogP contribution in [0.1, 0.15) is 16.2 Å². The molecule has 21 heavy (non-hydrogen) atoms. The van der Waals surface area contributed by atoms with Gasteiger partial charge in [-0.25, -0.2) is 9.78 Å². The number of cyclic esters (lactones) is 1. The van der Waals surface area contributed by atoms with Crippen LogP contribution in [-0.4, -0.2) is 52.5 Å². The Morgan fingerprint density at radius 1 is 1.48 bits per heavy atom. The molecule has 0 aliphatic carbocycles. The lowest BCUT2D eigenvalue weighted by Crippen LogP contribution is -2.36. The molecule has 2 amide bonds. The minimum absolute atomic E-state index is 0.196. The van der Waals surface area contributed by atoms with E-state index >= 15 is 0 Å². The third kappa shape index (κ3) is 2.54. The van der Waals surface area contributed by atoms with Crippen LogP contribution in [0.25, 0.3) is 5.65 Å². The average molecular weight is 288 g/mol. The van der Waals surface area contributed by atoms with Gasteiger partial charge in [-0.05, 0) is 19.1 Å². The summed E-state index contributed by atoms with van der Waals surface area (Å²) < 4.78 is 6.59. The van der Waals surface area contributed by atoms with Crippen LogP contribution in [0.3, 0.4) is 0 Å². The molecular weight excluding hydrogens is 272 g/mol. The molecule has 7 nitrogen and oxygen atoms in total. The summed E-state index contributed by atoms with van der Waals surface area (Å²) in [7, 11) is 0. The highest BCUT2D eigenvalue weighted by Crippen LogP contribution is 2.11. The van der Waals surface area contributed by atoms with Crippen molar-refractivity contribution in [1.29, 1.82) is 0 Å². The lowest BCUT2D eigenvalue weighted by Gasteiger charge is -2.12. The lowest BCUT2D eigenvalue weighted by molar-refractivity contribution is 0.0942. The fourth-order valence-electron chi connectivity index (χ4n) is 2.40. The third-order valence-electron chi connectivity index (χ3n) is 3.43. The second-order valence-corrected chi connectivity index (χ2v) is 4.83. The van der Waals surface area contributed by atoms with E-state index in [0.29, 0.717) is 37.6 Å². The number of amides is 2. The number of nitrogens with one attached hydrogen (secondary N) is 1. The third-order valence-corrected chi connectivity index (χ3v) is 3.43. The molecule has 0 radical (unpaired) electrons. The molecule has 110 valence electrons.